The van der Waals surface area contributed by atoms with E-state index in [-0.39, 0.29) is 0 Å². The quantitative estimate of drug-likeness (QED) is 0.613. The lowest BCUT2D eigenvalue weighted by atomic mass is 10.0. The number of aryl methyl sites for hydroxylation is 4. The van der Waals surface area contributed by atoms with E-state index < -0.39 is 0 Å². The zero-order valence-corrected chi connectivity index (χ0v) is 15.2. The minimum absolute atomic E-state index is 1.02. The van der Waals surface area contributed by atoms with Gasteiger partial charge in [0.2, 0.25) is 0 Å². The van der Waals surface area contributed by atoms with Gasteiger partial charge in [0, 0.05) is 35.0 Å². The van der Waals surface area contributed by atoms with E-state index in [1.54, 1.807) is 0 Å². The van der Waals surface area contributed by atoms with E-state index in [0.717, 1.165) is 32.2 Å². The van der Waals surface area contributed by atoms with Crippen molar-refractivity contribution in [2.45, 2.75) is 46.1 Å². The van der Waals surface area contributed by atoms with Crippen molar-refractivity contribution >= 4 is 23.1 Å². The maximum Gasteiger partial charge on any atom is 0.0488 e. The number of aromatic nitrogens is 2. The summed E-state index contributed by atoms with van der Waals surface area (Å²) in [7, 11) is 0. The number of nitrogens with one attached hydrogen (secondary N) is 1. The molecule has 25 heavy (non-hydrogen) atoms. The molecule has 2 heteroatoms. The molecule has 0 radical (unpaired) electrons. The minimum atomic E-state index is 1.02. The lowest BCUT2D eigenvalue weighted by Gasteiger charge is -2.12. The predicted molar refractivity (Wildman–Crippen MR) is 108 cm³/mol. The van der Waals surface area contributed by atoms with Gasteiger partial charge in [-0.2, -0.15) is 0 Å². The van der Waals surface area contributed by atoms with Gasteiger partial charge in [0.25, 0.3) is 0 Å². The van der Waals surface area contributed by atoms with Gasteiger partial charge in [-0.1, -0.05) is 43.4 Å². The second-order valence-electron chi connectivity index (χ2n) is 6.78. The number of hydrogen-bond acceptors (Lipinski definition) is 0. The average molecular weight is 330 g/mol. The Bertz CT molecular complexity index is 950. The van der Waals surface area contributed by atoms with E-state index in [2.05, 4.69) is 78.2 Å². The molecule has 2 aromatic heterocycles. The molecule has 1 aliphatic carbocycles. The second-order valence-corrected chi connectivity index (χ2v) is 6.78. The Morgan fingerprint density at radius 2 is 2.12 bits per heavy atom. The summed E-state index contributed by atoms with van der Waals surface area (Å²) in [4.78, 5) is 3.46. The highest BCUT2D eigenvalue weighted by molar-refractivity contribution is 5.88. The number of allylic oxidation sites excluding steroid dienone is 2. The Morgan fingerprint density at radius 3 is 2.96 bits per heavy atom. The third-order valence-electron chi connectivity index (χ3n) is 5.34. The van der Waals surface area contributed by atoms with Crippen LogP contribution in [0.5, 0.6) is 0 Å². The Balaban J connectivity index is 1.71. The molecule has 3 aromatic rings. The smallest absolute Gasteiger partial charge is 0.0488 e. The van der Waals surface area contributed by atoms with Crippen LogP contribution in [0.3, 0.4) is 0 Å². The van der Waals surface area contributed by atoms with Crippen molar-refractivity contribution in [3.05, 3.63) is 70.7 Å². The molecule has 1 aromatic carbocycles. The van der Waals surface area contributed by atoms with Gasteiger partial charge in [-0.25, -0.2) is 0 Å². The van der Waals surface area contributed by atoms with Gasteiger partial charge in [-0.05, 0) is 61.4 Å². The van der Waals surface area contributed by atoms with Crippen molar-refractivity contribution < 1.29 is 0 Å². The van der Waals surface area contributed by atoms with Crippen LogP contribution in [0.4, 0.5) is 0 Å². The number of hydrogen-bond donors (Lipinski definition) is 1. The third-order valence-corrected chi connectivity index (χ3v) is 5.34. The normalized spacial score (nSPS) is 13.8. The molecular weight excluding hydrogens is 304 g/mol. The molecule has 2 nitrogen and oxygen atoms in total. The van der Waals surface area contributed by atoms with Gasteiger partial charge in [-0.15, -0.1) is 0 Å². The minimum Gasteiger partial charge on any atom is -0.364 e. The molecule has 0 fully saturated rings. The Hall–Kier alpha value is -2.48. The average Bonchev–Trinajstić information content (AvgIpc) is 3.19. The summed E-state index contributed by atoms with van der Waals surface area (Å²) in [5, 5.41) is 1.43. The SMILES string of the molecule is C/C=C\c1c(CCn2c3c(c4ccccc42)CCC=C3)c[nH]c1CC. The van der Waals surface area contributed by atoms with Gasteiger partial charge in [0.1, 0.15) is 0 Å². The van der Waals surface area contributed by atoms with Gasteiger partial charge in [0.15, 0.2) is 0 Å². The summed E-state index contributed by atoms with van der Waals surface area (Å²) in [5.74, 6) is 0. The molecule has 0 saturated heterocycles. The van der Waals surface area contributed by atoms with Gasteiger partial charge in [0.05, 0.1) is 0 Å². The van der Waals surface area contributed by atoms with E-state index in [1.807, 2.05) is 0 Å². The molecule has 0 amide bonds. The lowest BCUT2D eigenvalue weighted by Crippen LogP contribution is -2.05. The first-order chi connectivity index (χ1) is 12.3. The molecule has 2 heterocycles. The van der Waals surface area contributed by atoms with Crippen LogP contribution in [0.1, 0.15) is 48.3 Å². The van der Waals surface area contributed by atoms with Crippen molar-refractivity contribution in [1.29, 1.82) is 0 Å². The number of fused-ring (bicyclic) bond motifs is 3. The monoisotopic (exact) mass is 330 g/mol. The Labute approximate surface area is 149 Å². The maximum atomic E-state index is 3.46. The zero-order valence-electron chi connectivity index (χ0n) is 15.2. The highest BCUT2D eigenvalue weighted by Gasteiger charge is 2.17. The third kappa shape index (κ3) is 2.76. The first-order valence-corrected chi connectivity index (χ1v) is 9.42. The molecule has 0 atom stereocenters. The zero-order chi connectivity index (χ0) is 17.2. The number of rotatable bonds is 5. The molecule has 128 valence electrons. The van der Waals surface area contributed by atoms with Crippen LogP contribution in [0.25, 0.3) is 23.1 Å². The largest absolute Gasteiger partial charge is 0.364 e. The summed E-state index contributed by atoms with van der Waals surface area (Å²) >= 11 is 0. The van der Waals surface area contributed by atoms with Crippen LogP contribution >= 0.6 is 0 Å². The van der Waals surface area contributed by atoms with Crippen molar-refractivity contribution in [1.82, 2.24) is 9.55 Å². The van der Waals surface area contributed by atoms with Crippen LogP contribution in [0.2, 0.25) is 0 Å². The fourth-order valence-corrected chi connectivity index (χ4v) is 4.14. The number of aromatic amines is 1. The molecule has 0 bridgehead atoms. The predicted octanol–water partition coefficient (Wildman–Crippen LogP) is 5.77. The first-order valence-electron chi connectivity index (χ1n) is 9.42. The van der Waals surface area contributed by atoms with Crippen molar-refractivity contribution in [2.24, 2.45) is 0 Å². The Kier molecular flexibility index (Phi) is 4.35. The fourth-order valence-electron chi connectivity index (χ4n) is 4.14. The van der Waals surface area contributed by atoms with Crippen LogP contribution in [-0.2, 0) is 25.8 Å². The first kappa shape index (κ1) is 16.0. The van der Waals surface area contributed by atoms with Gasteiger partial charge < -0.3 is 9.55 Å². The van der Waals surface area contributed by atoms with E-state index in [1.165, 1.54) is 39.0 Å². The summed E-state index contributed by atoms with van der Waals surface area (Å²) in [5.41, 5.74) is 8.44. The van der Waals surface area contributed by atoms with Crippen molar-refractivity contribution in [2.75, 3.05) is 0 Å². The molecule has 4 rings (SSSR count). The topological polar surface area (TPSA) is 20.7 Å². The summed E-state index contributed by atoms with van der Waals surface area (Å²) in [6, 6.07) is 8.86. The molecule has 0 spiro atoms. The molecule has 0 saturated carbocycles. The summed E-state index contributed by atoms with van der Waals surface area (Å²) < 4.78 is 2.51. The number of para-hydroxylation sites is 1. The lowest BCUT2D eigenvalue weighted by molar-refractivity contribution is 0.711. The summed E-state index contributed by atoms with van der Waals surface area (Å²) in [6.07, 6.45) is 15.6. The molecule has 1 aliphatic rings. The van der Waals surface area contributed by atoms with Crippen LogP contribution in [0, 0.1) is 0 Å². The van der Waals surface area contributed by atoms with E-state index in [0.29, 0.717) is 0 Å². The van der Waals surface area contributed by atoms with Crippen molar-refractivity contribution in [3.8, 4) is 0 Å². The highest BCUT2D eigenvalue weighted by atomic mass is 15.0. The van der Waals surface area contributed by atoms with E-state index in [4.69, 9.17) is 0 Å². The van der Waals surface area contributed by atoms with Crippen LogP contribution in [-0.4, -0.2) is 9.55 Å². The molecule has 1 N–H and O–H groups in total. The van der Waals surface area contributed by atoms with Crippen molar-refractivity contribution in [3.63, 3.8) is 0 Å². The van der Waals surface area contributed by atoms with E-state index in [9.17, 15) is 0 Å². The molecular formula is C23H26N2. The number of nitrogens with zero attached hydrogens (tertiary/aromatic N) is 1. The molecule has 0 aliphatic heterocycles. The Morgan fingerprint density at radius 1 is 1.24 bits per heavy atom. The van der Waals surface area contributed by atoms with Crippen LogP contribution < -0.4 is 0 Å². The number of benzene rings is 1. The molecule has 0 unspecified atom stereocenters. The second kappa shape index (κ2) is 6.79. The van der Waals surface area contributed by atoms with Gasteiger partial charge in [-0.3, -0.25) is 0 Å². The number of H-pyrrole nitrogens is 1. The maximum absolute atomic E-state index is 3.46. The van der Waals surface area contributed by atoms with E-state index >= 15 is 0 Å². The summed E-state index contributed by atoms with van der Waals surface area (Å²) in [6.45, 7) is 5.33. The highest BCUT2D eigenvalue weighted by Crippen LogP contribution is 2.31. The van der Waals surface area contributed by atoms with Gasteiger partial charge >= 0.3 is 0 Å². The standard InChI is InChI=1S/C23H26N2/c1-3-9-18-17(16-24-21(18)4-2)14-15-25-22-12-7-5-10-19(22)20-11-6-8-13-23(20)25/h3,5,7-10,12-13,16,24H,4,6,11,14-15H2,1-2H3/b9-3-. The van der Waals surface area contributed by atoms with Crippen LogP contribution in [0.15, 0.2) is 42.6 Å². The fraction of sp³-hybridized carbons (Fsp3) is 0.304.